The molecule has 3 aromatic heterocycles. The van der Waals surface area contributed by atoms with Crippen molar-refractivity contribution in [2.75, 3.05) is 18.5 Å². The number of nitrogens with one attached hydrogen (secondary N) is 1. The van der Waals surface area contributed by atoms with Crippen LogP contribution in [0.5, 0.6) is 0 Å². The Hall–Kier alpha value is -2.15. The highest BCUT2D eigenvalue weighted by Gasteiger charge is 2.29. The number of rotatable bonds is 4. The van der Waals surface area contributed by atoms with E-state index >= 15 is 0 Å². The normalized spacial score (nSPS) is 18.1. The molecule has 0 aromatic carbocycles. The largest absolute Gasteiger partial charge is 0.483 e. The van der Waals surface area contributed by atoms with Crippen molar-refractivity contribution in [1.82, 2.24) is 4.98 Å². The van der Waals surface area contributed by atoms with Crippen LogP contribution in [0, 0.1) is 11.8 Å². The summed E-state index contributed by atoms with van der Waals surface area (Å²) in [4.78, 5) is 15.4. The van der Waals surface area contributed by atoms with Crippen LogP contribution in [0.4, 0.5) is 5.69 Å². The number of carbonyl (C=O) groups is 1. The van der Waals surface area contributed by atoms with E-state index < -0.39 is 0 Å². The molecule has 0 bridgehead atoms. The van der Waals surface area contributed by atoms with Crippen LogP contribution in [0.15, 0.2) is 23.6 Å². The highest BCUT2D eigenvalue weighted by atomic mass is 35.5. The molecule has 6 nitrogen and oxygen atoms in total. The number of nitrogens with zero attached hydrogens (tertiary/aromatic N) is 1. The second kappa shape index (κ2) is 10.8. The molecule has 3 aromatic rings. The Morgan fingerprint density at radius 2 is 2.33 bits per heavy atom. The van der Waals surface area contributed by atoms with Gasteiger partial charge in [0.25, 0.3) is 6.47 Å². The van der Waals surface area contributed by atoms with Crippen LogP contribution < -0.4 is 11.1 Å². The number of hydrogen-bond donors (Lipinski definition) is 3. The zero-order chi connectivity index (χ0) is 21.5. The van der Waals surface area contributed by atoms with Gasteiger partial charge in [0, 0.05) is 40.9 Å². The number of ether oxygens (including phenoxy) is 1. The molecule has 1 aliphatic rings. The number of fused-ring (bicyclic) bond motifs is 1. The van der Waals surface area contributed by atoms with Gasteiger partial charge in [-0.15, -0.1) is 28.6 Å². The fraction of sp³-hybridized carbons (Fsp3) is 0.333. The van der Waals surface area contributed by atoms with Crippen LogP contribution in [0.25, 0.3) is 10.2 Å². The minimum absolute atomic E-state index is 0.0257. The summed E-state index contributed by atoms with van der Waals surface area (Å²) < 4.78 is 6.61. The molecule has 2 atom stereocenters. The van der Waals surface area contributed by atoms with Crippen LogP contribution in [0.3, 0.4) is 0 Å². The highest BCUT2D eigenvalue weighted by Crippen LogP contribution is 2.42. The topological polar surface area (TPSA) is 97.5 Å². The Bertz CT molecular complexity index is 1060. The van der Waals surface area contributed by atoms with Crippen molar-refractivity contribution in [2.45, 2.75) is 31.8 Å². The van der Waals surface area contributed by atoms with E-state index in [1.165, 1.54) is 9.75 Å². The molecule has 0 unspecified atom stereocenters. The second-order valence-electron chi connectivity index (χ2n) is 6.56. The smallest absolute Gasteiger partial charge is 0.290 e. The molecule has 4 heterocycles. The predicted octanol–water partition coefficient (Wildman–Crippen LogP) is 4.53. The third-order valence-electron chi connectivity index (χ3n) is 4.66. The summed E-state index contributed by atoms with van der Waals surface area (Å²) in [5.74, 6) is 6.52. The lowest BCUT2D eigenvalue weighted by Gasteiger charge is -2.28. The van der Waals surface area contributed by atoms with Gasteiger partial charge in [0.15, 0.2) is 0 Å². The van der Waals surface area contributed by atoms with Gasteiger partial charge in [-0.3, -0.25) is 4.79 Å². The third-order valence-corrected chi connectivity index (χ3v) is 7.07. The number of anilines is 1. The zero-order valence-electron chi connectivity index (χ0n) is 16.4. The molecule has 0 spiro atoms. The van der Waals surface area contributed by atoms with Gasteiger partial charge in [0.1, 0.15) is 10.7 Å². The Morgan fingerprint density at radius 3 is 3.00 bits per heavy atom. The monoisotopic (exact) mass is 463 g/mol. The first kappa shape index (κ1) is 22.5. The number of carboxylic acid groups (broad SMARTS) is 1. The quantitative estimate of drug-likeness (QED) is 0.299. The molecule has 30 heavy (non-hydrogen) atoms. The van der Waals surface area contributed by atoms with Crippen molar-refractivity contribution in [3.05, 3.63) is 44.1 Å². The fourth-order valence-electron chi connectivity index (χ4n) is 3.37. The van der Waals surface area contributed by atoms with Crippen LogP contribution in [-0.2, 0) is 16.1 Å². The summed E-state index contributed by atoms with van der Waals surface area (Å²) in [5.41, 5.74) is 9.18. The van der Waals surface area contributed by atoms with Crippen LogP contribution in [0.1, 0.15) is 34.6 Å². The van der Waals surface area contributed by atoms with Gasteiger partial charge in [0.2, 0.25) is 0 Å². The highest BCUT2D eigenvalue weighted by molar-refractivity contribution is 7.20. The number of nitrogens with two attached hydrogens (primary N) is 1. The first-order valence-corrected chi connectivity index (χ1v) is 11.4. The van der Waals surface area contributed by atoms with Crippen LogP contribution in [-0.4, -0.2) is 35.8 Å². The van der Waals surface area contributed by atoms with Gasteiger partial charge in [0.05, 0.1) is 22.6 Å². The molecular formula is C21H22ClN3O3S2. The van der Waals surface area contributed by atoms with Crippen molar-refractivity contribution in [1.29, 1.82) is 0 Å². The summed E-state index contributed by atoms with van der Waals surface area (Å²) in [6, 6.07) is 6.04. The van der Waals surface area contributed by atoms with Crippen LogP contribution in [0.2, 0.25) is 5.15 Å². The molecule has 0 amide bonds. The van der Waals surface area contributed by atoms with E-state index in [4.69, 9.17) is 32.0 Å². The maximum Gasteiger partial charge on any atom is 0.290 e. The average Bonchev–Trinajstić information content (AvgIpc) is 3.36. The summed E-state index contributed by atoms with van der Waals surface area (Å²) in [6.07, 6.45) is 0.901. The van der Waals surface area contributed by atoms with Crippen molar-refractivity contribution in [2.24, 2.45) is 5.73 Å². The number of halogens is 1. The molecule has 4 N–H and O–H groups in total. The first-order valence-electron chi connectivity index (χ1n) is 9.32. The molecule has 0 radical (unpaired) electrons. The molecule has 0 aliphatic carbocycles. The van der Waals surface area contributed by atoms with Crippen molar-refractivity contribution < 1.29 is 14.6 Å². The number of thiophene rings is 2. The van der Waals surface area contributed by atoms with E-state index in [0.29, 0.717) is 11.8 Å². The maximum atomic E-state index is 8.36. The zero-order valence-corrected chi connectivity index (χ0v) is 18.7. The van der Waals surface area contributed by atoms with Gasteiger partial charge in [-0.2, -0.15) is 0 Å². The Kier molecular flexibility index (Phi) is 8.08. The lowest BCUT2D eigenvalue weighted by Crippen LogP contribution is -2.37. The van der Waals surface area contributed by atoms with E-state index in [1.54, 1.807) is 22.7 Å². The molecule has 4 rings (SSSR count). The van der Waals surface area contributed by atoms with Crippen molar-refractivity contribution in [3.63, 3.8) is 0 Å². The van der Waals surface area contributed by atoms with E-state index in [-0.39, 0.29) is 18.4 Å². The summed E-state index contributed by atoms with van der Waals surface area (Å²) in [7, 11) is 0. The molecule has 158 valence electrons. The van der Waals surface area contributed by atoms with Crippen molar-refractivity contribution in [3.8, 4) is 11.8 Å². The fourth-order valence-corrected chi connectivity index (χ4v) is 5.61. The first-order chi connectivity index (χ1) is 14.6. The van der Waals surface area contributed by atoms with Gasteiger partial charge < -0.3 is 20.9 Å². The number of aromatic nitrogens is 1. The van der Waals surface area contributed by atoms with E-state index in [1.807, 2.05) is 13.0 Å². The summed E-state index contributed by atoms with van der Waals surface area (Å²) in [6.45, 7) is 3.66. The molecule has 1 fully saturated rings. The lowest BCUT2D eigenvalue weighted by atomic mass is 9.91. The molecule has 0 saturated carbocycles. The Morgan fingerprint density at radius 1 is 1.53 bits per heavy atom. The SMILES string of the molecule is CC#Cc1c([C@@H]2CCOC[C@H]2N)sc2c(NCc3cccs3)cc(Cl)nc12.O=CO. The number of pyridine rings is 1. The second-order valence-corrected chi connectivity index (χ2v) is 9.03. The Balaban J connectivity index is 0.000000806. The average molecular weight is 464 g/mol. The maximum absolute atomic E-state index is 8.36. The third kappa shape index (κ3) is 5.12. The van der Waals surface area contributed by atoms with Gasteiger partial charge >= 0.3 is 0 Å². The van der Waals surface area contributed by atoms with Crippen LogP contribution >= 0.6 is 34.3 Å². The minimum atomic E-state index is -0.250. The standard InChI is InChI=1S/C20H20ClN3OS2.CH2O2/c1-2-4-14-18-20(27-19(14)13-6-7-25-11-15(13)22)16(9-17(21)24-18)23-10-12-5-3-8-26-12;2-1-3/h3,5,8-9,13,15H,6-7,10-11,22H2,1H3,(H,23,24);1H,(H,2,3)/t13-,15-;/m1./s1. The lowest BCUT2D eigenvalue weighted by molar-refractivity contribution is -0.122. The van der Waals surface area contributed by atoms with Crippen molar-refractivity contribution >= 4 is 56.7 Å². The molecule has 1 saturated heterocycles. The Labute approximate surface area is 188 Å². The molecule has 9 heteroatoms. The molecule has 1 aliphatic heterocycles. The van der Waals surface area contributed by atoms with E-state index in [9.17, 15) is 0 Å². The van der Waals surface area contributed by atoms with Gasteiger partial charge in [-0.1, -0.05) is 23.6 Å². The summed E-state index contributed by atoms with van der Waals surface area (Å²) in [5, 5.41) is 13.0. The van der Waals surface area contributed by atoms with Gasteiger partial charge in [-0.05, 0) is 24.8 Å². The van der Waals surface area contributed by atoms with E-state index in [2.05, 4.69) is 39.7 Å². The predicted molar refractivity (Wildman–Crippen MR) is 124 cm³/mol. The minimum Gasteiger partial charge on any atom is -0.483 e. The number of hydrogen-bond acceptors (Lipinski definition) is 7. The van der Waals surface area contributed by atoms with E-state index in [0.717, 1.165) is 41.0 Å². The van der Waals surface area contributed by atoms with Gasteiger partial charge in [-0.25, -0.2) is 4.98 Å². The summed E-state index contributed by atoms with van der Waals surface area (Å²) >= 11 is 9.80. The molecular weight excluding hydrogens is 442 g/mol.